The van der Waals surface area contributed by atoms with Crippen molar-refractivity contribution in [3.05, 3.63) is 40.4 Å². The highest BCUT2D eigenvalue weighted by atomic mass is 19.4. The first kappa shape index (κ1) is 21.8. The van der Waals surface area contributed by atoms with Crippen LogP contribution >= 0.6 is 0 Å². The molecule has 2 atom stereocenters. The van der Waals surface area contributed by atoms with Crippen LogP contribution < -0.4 is 5.56 Å². The Balaban J connectivity index is 1.83. The minimum atomic E-state index is -4.62. The third-order valence-electron chi connectivity index (χ3n) is 5.09. The summed E-state index contributed by atoms with van der Waals surface area (Å²) < 4.78 is 44.4. The fourth-order valence-electron chi connectivity index (χ4n) is 3.56. The second-order valence-corrected chi connectivity index (χ2v) is 7.09. The fraction of sp³-hybridized carbons (Fsp3) is 0.474. The average molecular weight is 427 g/mol. The number of fused-ring (bicyclic) bond motifs is 1. The van der Waals surface area contributed by atoms with E-state index in [2.05, 4.69) is 9.72 Å². The van der Waals surface area contributed by atoms with Gasteiger partial charge in [-0.05, 0) is 31.0 Å². The Kier molecular flexibility index (Phi) is 6.11. The van der Waals surface area contributed by atoms with Crippen molar-refractivity contribution in [1.29, 1.82) is 0 Å². The number of Topliss-reactive ketones (excluding diaryl/α,β-unsaturated/α-hetero) is 1. The monoisotopic (exact) mass is 427 g/mol. The van der Waals surface area contributed by atoms with E-state index in [1.807, 2.05) is 0 Å². The number of benzene rings is 1. The maximum absolute atomic E-state index is 12.9. The van der Waals surface area contributed by atoms with Gasteiger partial charge in [0.1, 0.15) is 0 Å². The molecule has 1 aromatic heterocycles. The number of amides is 1. The van der Waals surface area contributed by atoms with Crippen molar-refractivity contribution in [2.75, 3.05) is 13.7 Å². The van der Waals surface area contributed by atoms with Crippen molar-refractivity contribution in [2.45, 2.75) is 44.1 Å². The third kappa shape index (κ3) is 4.45. The minimum Gasteiger partial charge on any atom is -0.453 e. The largest absolute Gasteiger partial charge is 0.453 e. The molecule has 0 aliphatic carbocycles. The molecule has 1 aliphatic heterocycles. The topological polar surface area (TPSA) is 102 Å². The molecule has 0 saturated carbocycles. The first-order chi connectivity index (χ1) is 14.1. The van der Waals surface area contributed by atoms with Gasteiger partial charge in [-0.3, -0.25) is 14.2 Å². The Morgan fingerprint density at radius 1 is 1.33 bits per heavy atom. The molecule has 1 aromatic carbocycles. The first-order valence-electron chi connectivity index (χ1n) is 9.22. The van der Waals surface area contributed by atoms with Crippen molar-refractivity contribution < 1.29 is 32.6 Å². The predicted molar refractivity (Wildman–Crippen MR) is 98.8 cm³/mol. The highest BCUT2D eigenvalue weighted by Crippen LogP contribution is 2.30. The zero-order valence-electron chi connectivity index (χ0n) is 16.1. The number of halogens is 3. The lowest BCUT2D eigenvalue weighted by Gasteiger charge is -2.37. The molecule has 1 saturated heterocycles. The van der Waals surface area contributed by atoms with Crippen LogP contribution in [0, 0.1) is 0 Å². The van der Waals surface area contributed by atoms with E-state index in [-0.39, 0.29) is 17.3 Å². The van der Waals surface area contributed by atoms with Gasteiger partial charge in [0.25, 0.3) is 5.56 Å². The van der Waals surface area contributed by atoms with Gasteiger partial charge in [-0.1, -0.05) is 0 Å². The van der Waals surface area contributed by atoms with Gasteiger partial charge in [-0.15, -0.1) is 0 Å². The molecule has 0 radical (unpaired) electrons. The van der Waals surface area contributed by atoms with E-state index in [0.717, 1.165) is 23.0 Å². The number of methoxy groups -OCH3 is 1. The number of aliphatic hydroxyl groups is 1. The van der Waals surface area contributed by atoms with Gasteiger partial charge < -0.3 is 14.7 Å². The second kappa shape index (κ2) is 8.42. The molecule has 0 spiro atoms. The zero-order chi connectivity index (χ0) is 22.1. The molecule has 11 heteroatoms. The Bertz CT molecular complexity index is 1020. The van der Waals surface area contributed by atoms with Crippen LogP contribution in [0.25, 0.3) is 10.9 Å². The summed E-state index contributed by atoms with van der Waals surface area (Å²) in [6.07, 6.45) is -4.40. The Labute approximate surface area is 168 Å². The fourth-order valence-corrected chi connectivity index (χ4v) is 3.56. The molecule has 30 heavy (non-hydrogen) atoms. The van der Waals surface area contributed by atoms with Gasteiger partial charge >= 0.3 is 12.3 Å². The number of ether oxygens (including phenoxy) is 1. The number of ketones is 1. The SMILES string of the molecule is COC(=O)N1CCC[C@@H](O)[C@@H]1CC(=O)Cn1cnc2ccc(C(F)(F)F)cc2c1=O. The highest BCUT2D eigenvalue weighted by molar-refractivity contribution is 5.81. The predicted octanol–water partition coefficient (Wildman–Crippen LogP) is 1.97. The summed E-state index contributed by atoms with van der Waals surface area (Å²) >= 11 is 0. The van der Waals surface area contributed by atoms with Crippen LogP contribution in [-0.4, -0.2) is 57.2 Å². The summed E-state index contributed by atoms with van der Waals surface area (Å²) in [5.74, 6) is -0.481. The van der Waals surface area contributed by atoms with Gasteiger partial charge in [-0.25, -0.2) is 9.78 Å². The Morgan fingerprint density at radius 3 is 2.73 bits per heavy atom. The number of hydrogen-bond acceptors (Lipinski definition) is 6. The normalized spacial score (nSPS) is 19.7. The van der Waals surface area contributed by atoms with Crippen LogP contribution in [0.15, 0.2) is 29.3 Å². The van der Waals surface area contributed by atoms with Crippen LogP contribution in [0.4, 0.5) is 18.0 Å². The van der Waals surface area contributed by atoms with Crippen molar-refractivity contribution >= 4 is 22.8 Å². The lowest BCUT2D eigenvalue weighted by Crippen LogP contribution is -2.52. The summed E-state index contributed by atoms with van der Waals surface area (Å²) in [4.78, 5) is 42.2. The molecule has 0 unspecified atom stereocenters. The van der Waals surface area contributed by atoms with E-state index in [1.54, 1.807) is 0 Å². The molecule has 1 amide bonds. The van der Waals surface area contributed by atoms with Crippen molar-refractivity contribution in [1.82, 2.24) is 14.5 Å². The zero-order valence-corrected chi connectivity index (χ0v) is 16.1. The summed E-state index contributed by atoms with van der Waals surface area (Å²) in [5.41, 5.74) is -1.69. The van der Waals surface area contributed by atoms with E-state index in [1.165, 1.54) is 12.0 Å². The van der Waals surface area contributed by atoms with Crippen LogP contribution in [0.3, 0.4) is 0 Å². The molecule has 1 N–H and O–H groups in total. The first-order valence-corrected chi connectivity index (χ1v) is 9.22. The summed E-state index contributed by atoms with van der Waals surface area (Å²) in [6, 6.07) is 1.82. The van der Waals surface area contributed by atoms with Crippen LogP contribution in [0.1, 0.15) is 24.8 Å². The molecule has 3 rings (SSSR count). The molecular formula is C19H20F3N3O5. The number of aromatic nitrogens is 2. The number of hydrogen-bond donors (Lipinski definition) is 1. The van der Waals surface area contributed by atoms with Gasteiger partial charge in [0, 0.05) is 13.0 Å². The highest BCUT2D eigenvalue weighted by Gasteiger charge is 2.35. The number of carbonyl (C=O) groups excluding carboxylic acids is 2. The van der Waals surface area contributed by atoms with Crippen LogP contribution in [0.2, 0.25) is 0 Å². The van der Waals surface area contributed by atoms with Crippen LogP contribution in [0.5, 0.6) is 0 Å². The molecule has 2 heterocycles. The van der Waals surface area contributed by atoms with E-state index >= 15 is 0 Å². The summed E-state index contributed by atoms with van der Waals surface area (Å²) in [7, 11) is 1.19. The second-order valence-electron chi connectivity index (χ2n) is 7.09. The lowest BCUT2D eigenvalue weighted by molar-refractivity contribution is -0.137. The molecule has 8 nitrogen and oxygen atoms in total. The van der Waals surface area contributed by atoms with Crippen molar-refractivity contribution in [3.63, 3.8) is 0 Å². The van der Waals surface area contributed by atoms with E-state index in [9.17, 15) is 32.7 Å². The summed E-state index contributed by atoms with van der Waals surface area (Å²) in [5, 5.41) is 9.96. The number of carbonyl (C=O) groups is 2. The molecule has 162 valence electrons. The van der Waals surface area contributed by atoms with E-state index < -0.39 is 47.9 Å². The Hall–Kier alpha value is -2.95. The van der Waals surface area contributed by atoms with Gasteiger partial charge in [-0.2, -0.15) is 13.2 Å². The number of likely N-dealkylation sites (tertiary alicyclic amines) is 1. The molecular weight excluding hydrogens is 407 g/mol. The van der Waals surface area contributed by atoms with Crippen LogP contribution in [-0.2, 0) is 22.3 Å². The smallest absolute Gasteiger partial charge is 0.416 e. The summed E-state index contributed by atoms with van der Waals surface area (Å²) in [6.45, 7) is -0.129. The van der Waals surface area contributed by atoms with E-state index in [0.29, 0.717) is 25.5 Å². The maximum atomic E-state index is 12.9. The van der Waals surface area contributed by atoms with Gasteiger partial charge in [0.2, 0.25) is 0 Å². The van der Waals surface area contributed by atoms with Crippen molar-refractivity contribution in [3.8, 4) is 0 Å². The quantitative estimate of drug-likeness (QED) is 0.801. The number of aliphatic hydroxyl groups excluding tert-OH is 1. The van der Waals surface area contributed by atoms with Gasteiger partial charge in [0.05, 0.1) is 48.6 Å². The molecule has 0 bridgehead atoms. The standard InChI is InChI=1S/C19H20F3N3O5/c1-30-18(29)25-6-2-3-16(27)15(25)8-12(26)9-24-10-23-14-5-4-11(19(20,21)22)7-13(14)17(24)28/h4-5,7,10,15-16,27H,2-3,6,8-9H2,1H3/t15-,16+/m0/s1. The number of piperidine rings is 1. The Morgan fingerprint density at radius 2 is 2.07 bits per heavy atom. The van der Waals surface area contributed by atoms with E-state index in [4.69, 9.17) is 0 Å². The number of rotatable bonds is 4. The van der Waals surface area contributed by atoms with Crippen molar-refractivity contribution in [2.24, 2.45) is 0 Å². The maximum Gasteiger partial charge on any atom is 0.416 e. The number of nitrogens with zero attached hydrogens (tertiary/aromatic N) is 3. The van der Waals surface area contributed by atoms with Gasteiger partial charge in [0.15, 0.2) is 5.78 Å². The third-order valence-corrected chi connectivity index (χ3v) is 5.09. The molecule has 1 fully saturated rings. The molecule has 2 aromatic rings. The molecule has 1 aliphatic rings. The minimum absolute atomic E-state index is 0.0799. The average Bonchev–Trinajstić information content (AvgIpc) is 2.70. The number of alkyl halides is 3. The lowest BCUT2D eigenvalue weighted by atomic mass is 9.95.